The van der Waals surface area contributed by atoms with Crippen molar-refractivity contribution in [2.24, 2.45) is 0 Å². The Kier molecular flexibility index (Phi) is 5.91. The van der Waals surface area contributed by atoms with Crippen LogP contribution in [0.4, 0.5) is 10.1 Å². The van der Waals surface area contributed by atoms with Crippen LogP contribution in [0.3, 0.4) is 0 Å². The molecule has 0 spiro atoms. The Morgan fingerprint density at radius 3 is 2.81 bits per heavy atom. The van der Waals surface area contributed by atoms with Crippen LogP contribution in [0.15, 0.2) is 53.1 Å². The van der Waals surface area contributed by atoms with Gasteiger partial charge in [0.25, 0.3) is 5.91 Å². The molecule has 1 amide bonds. The summed E-state index contributed by atoms with van der Waals surface area (Å²) in [5, 5.41) is 3.48. The molecule has 0 aliphatic rings. The number of para-hydroxylation sites is 1. The Morgan fingerprint density at radius 2 is 2.04 bits per heavy atom. The number of halogens is 2. The molecule has 0 aliphatic heterocycles. The van der Waals surface area contributed by atoms with Crippen molar-refractivity contribution >= 4 is 44.4 Å². The third kappa shape index (κ3) is 4.74. The van der Waals surface area contributed by atoms with E-state index in [-0.39, 0.29) is 12.1 Å². The van der Waals surface area contributed by atoms with Crippen molar-refractivity contribution in [3.8, 4) is 0 Å². The second kappa shape index (κ2) is 8.35. The van der Waals surface area contributed by atoms with Crippen LogP contribution in [0, 0.1) is 5.82 Å². The van der Waals surface area contributed by atoms with E-state index in [9.17, 15) is 14.0 Å². The number of rotatable bonds is 6. The molecule has 5 nitrogen and oxygen atoms in total. The number of hydrogen-bond donors (Lipinski definition) is 2. The number of hydrogen-bond acceptors (Lipinski definition) is 3. The van der Waals surface area contributed by atoms with E-state index >= 15 is 0 Å². The number of fused-ring (bicyclic) bond motifs is 1. The van der Waals surface area contributed by atoms with E-state index in [1.54, 1.807) is 6.07 Å². The van der Waals surface area contributed by atoms with Crippen molar-refractivity contribution in [3.63, 3.8) is 0 Å². The molecule has 1 aromatic heterocycles. The van der Waals surface area contributed by atoms with Gasteiger partial charge in [0.2, 0.25) is 0 Å². The number of carbonyl (C=O) groups is 2. The number of H-pyrrole nitrogens is 1. The molecule has 3 aromatic rings. The summed E-state index contributed by atoms with van der Waals surface area (Å²) >= 11 is 3.15. The fourth-order valence-electron chi connectivity index (χ4n) is 2.71. The summed E-state index contributed by atoms with van der Waals surface area (Å²) in [5.74, 6) is -1.65. The first-order chi connectivity index (χ1) is 12.9. The zero-order valence-electron chi connectivity index (χ0n) is 14.6. The summed E-state index contributed by atoms with van der Waals surface area (Å²) < 4.78 is 19.5. The van der Waals surface area contributed by atoms with Crippen LogP contribution in [-0.2, 0) is 20.7 Å². The number of ether oxygens (including phenoxy) is 1. The van der Waals surface area contributed by atoms with Gasteiger partial charge in [-0.2, -0.15) is 0 Å². The molecule has 7 heteroatoms. The third-order valence-electron chi connectivity index (χ3n) is 4.14. The molecule has 0 saturated carbocycles. The first-order valence-corrected chi connectivity index (χ1v) is 9.23. The lowest BCUT2D eigenvalue weighted by atomic mass is 10.1. The molecular formula is C20H18BrFN2O3. The SMILES string of the molecule is CC(OC(=O)CCc1c[nH]c2ccccc12)C(=O)Nc1ccc(Br)cc1F. The highest BCUT2D eigenvalue weighted by molar-refractivity contribution is 9.10. The maximum Gasteiger partial charge on any atom is 0.306 e. The standard InChI is InChI=1S/C20H18BrFN2O3/c1-12(20(26)24-18-8-7-14(21)10-16(18)22)27-19(25)9-6-13-11-23-17-5-3-2-4-15(13)17/h2-5,7-8,10-12,23H,6,9H2,1H3,(H,24,26). The normalized spacial score (nSPS) is 12.0. The highest BCUT2D eigenvalue weighted by Gasteiger charge is 2.19. The fourth-order valence-corrected chi connectivity index (χ4v) is 3.04. The molecule has 0 aliphatic carbocycles. The van der Waals surface area contributed by atoms with Crippen molar-refractivity contribution < 1.29 is 18.7 Å². The Bertz CT molecular complexity index is 986. The van der Waals surface area contributed by atoms with Crippen LogP contribution in [0.5, 0.6) is 0 Å². The van der Waals surface area contributed by atoms with Gasteiger partial charge in [0.05, 0.1) is 5.69 Å². The Morgan fingerprint density at radius 1 is 1.26 bits per heavy atom. The van der Waals surface area contributed by atoms with Gasteiger partial charge in [-0.05, 0) is 43.2 Å². The molecular weight excluding hydrogens is 415 g/mol. The first-order valence-electron chi connectivity index (χ1n) is 8.44. The number of aryl methyl sites for hydroxylation is 1. The lowest BCUT2D eigenvalue weighted by Gasteiger charge is -2.14. The third-order valence-corrected chi connectivity index (χ3v) is 4.63. The molecule has 2 N–H and O–H groups in total. The minimum absolute atomic E-state index is 0.0323. The molecule has 1 unspecified atom stereocenters. The fraction of sp³-hybridized carbons (Fsp3) is 0.200. The molecule has 1 heterocycles. The number of aromatic nitrogens is 1. The van der Waals surface area contributed by atoms with Gasteiger partial charge in [0.15, 0.2) is 6.10 Å². The second-order valence-corrected chi connectivity index (χ2v) is 7.02. The molecule has 0 saturated heterocycles. The van der Waals surface area contributed by atoms with Crippen molar-refractivity contribution in [2.75, 3.05) is 5.32 Å². The van der Waals surface area contributed by atoms with Crippen LogP contribution in [0.25, 0.3) is 10.9 Å². The van der Waals surface area contributed by atoms with Gasteiger partial charge in [-0.1, -0.05) is 34.1 Å². The highest BCUT2D eigenvalue weighted by atomic mass is 79.9. The van der Waals surface area contributed by atoms with Crippen molar-refractivity contribution in [1.82, 2.24) is 4.98 Å². The molecule has 0 fully saturated rings. The summed E-state index contributed by atoms with van der Waals surface area (Å²) in [5.41, 5.74) is 2.05. The smallest absolute Gasteiger partial charge is 0.306 e. The zero-order chi connectivity index (χ0) is 19.4. The minimum atomic E-state index is -1.02. The van der Waals surface area contributed by atoms with Crippen LogP contribution in [-0.4, -0.2) is 23.0 Å². The lowest BCUT2D eigenvalue weighted by Crippen LogP contribution is -2.30. The van der Waals surface area contributed by atoms with E-state index in [0.717, 1.165) is 16.5 Å². The highest BCUT2D eigenvalue weighted by Crippen LogP contribution is 2.21. The zero-order valence-corrected chi connectivity index (χ0v) is 16.2. The average molecular weight is 433 g/mol. The molecule has 2 aromatic carbocycles. The summed E-state index contributed by atoms with van der Waals surface area (Å²) in [6, 6.07) is 12.1. The maximum atomic E-state index is 13.8. The van der Waals surface area contributed by atoms with E-state index in [1.165, 1.54) is 19.1 Å². The predicted molar refractivity (Wildman–Crippen MR) is 105 cm³/mol. The van der Waals surface area contributed by atoms with Gasteiger partial charge >= 0.3 is 5.97 Å². The van der Waals surface area contributed by atoms with Gasteiger partial charge in [0, 0.05) is 28.0 Å². The van der Waals surface area contributed by atoms with Gasteiger partial charge in [-0.15, -0.1) is 0 Å². The van der Waals surface area contributed by atoms with E-state index in [0.29, 0.717) is 10.9 Å². The number of amides is 1. The van der Waals surface area contributed by atoms with Crippen LogP contribution in [0.2, 0.25) is 0 Å². The van der Waals surface area contributed by atoms with Gasteiger partial charge < -0.3 is 15.0 Å². The lowest BCUT2D eigenvalue weighted by molar-refractivity contribution is -0.153. The van der Waals surface area contributed by atoms with Crippen molar-refractivity contribution in [3.05, 3.63) is 64.5 Å². The molecule has 1 atom stereocenters. The van der Waals surface area contributed by atoms with Crippen LogP contribution < -0.4 is 5.32 Å². The number of carbonyl (C=O) groups excluding carboxylic acids is 2. The molecule has 3 rings (SSSR count). The van der Waals surface area contributed by atoms with Crippen molar-refractivity contribution in [1.29, 1.82) is 0 Å². The number of benzene rings is 2. The second-order valence-electron chi connectivity index (χ2n) is 6.11. The van der Waals surface area contributed by atoms with E-state index < -0.39 is 23.8 Å². The van der Waals surface area contributed by atoms with E-state index in [1.807, 2.05) is 30.5 Å². The molecule has 27 heavy (non-hydrogen) atoms. The van der Waals surface area contributed by atoms with E-state index in [4.69, 9.17) is 4.74 Å². The van der Waals surface area contributed by atoms with Gasteiger partial charge in [-0.3, -0.25) is 9.59 Å². The quantitative estimate of drug-likeness (QED) is 0.560. The number of nitrogens with one attached hydrogen (secondary N) is 2. The molecule has 0 bridgehead atoms. The van der Waals surface area contributed by atoms with Crippen LogP contribution in [0.1, 0.15) is 18.9 Å². The summed E-state index contributed by atoms with van der Waals surface area (Å²) in [7, 11) is 0. The van der Waals surface area contributed by atoms with Gasteiger partial charge in [-0.25, -0.2) is 4.39 Å². The summed E-state index contributed by atoms with van der Waals surface area (Å²) in [6.07, 6.45) is 1.48. The predicted octanol–water partition coefficient (Wildman–Crippen LogP) is 4.57. The number of aromatic amines is 1. The summed E-state index contributed by atoms with van der Waals surface area (Å²) in [6.45, 7) is 1.45. The molecule has 140 valence electrons. The number of esters is 1. The monoisotopic (exact) mass is 432 g/mol. The Hall–Kier alpha value is -2.67. The van der Waals surface area contributed by atoms with Crippen LogP contribution >= 0.6 is 15.9 Å². The molecule has 0 radical (unpaired) electrons. The topological polar surface area (TPSA) is 71.2 Å². The maximum absolute atomic E-state index is 13.8. The minimum Gasteiger partial charge on any atom is -0.453 e. The Balaban J connectivity index is 1.53. The largest absolute Gasteiger partial charge is 0.453 e. The van der Waals surface area contributed by atoms with E-state index in [2.05, 4.69) is 26.2 Å². The Labute approximate surface area is 164 Å². The first kappa shape index (κ1) is 19.1. The summed E-state index contributed by atoms with van der Waals surface area (Å²) in [4.78, 5) is 27.3. The van der Waals surface area contributed by atoms with Gasteiger partial charge in [0.1, 0.15) is 5.82 Å². The van der Waals surface area contributed by atoms with Crippen molar-refractivity contribution in [2.45, 2.75) is 25.9 Å². The average Bonchev–Trinajstić information content (AvgIpc) is 3.05. The number of anilines is 1.